The Labute approximate surface area is 348 Å². The first-order valence-corrected chi connectivity index (χ1v) is 21.1. The van der Waals surface area contributed by atoms with E-state index in [4.69, 9.17) is 27.9 Å². The van der Waals surface area contributed by atoms with Gasteiger partial charge < -0.3 is 14.9 Å². The second-order valence-electron chi connectivity index (χ2n) is 16.7. The number of H-pyrrole nitrogens is 2. The van der Waals surface area contributed by atoms with Crippen LogP contribution in [0.25, 0.3) is 0 Å². The fraction of sp³-hybridized carbons (Fsp3) is 0.561. The zero-order chi connectivity index (χ0) is 41.2. The molecule has 0 amide bonds. The molecule has 0 bridgehead atoms. The van der Waals surface area contributed by atoms with E-state index in [0.29, 0.717) is 100 Å². The molecule has 2 aromatic carbocycles. The third-order valence-corrected chi connectivity index (χ3v) is 14.2. The number of alkyl halides is 3. The normalized spacial score (nSPS) is 26.3. The molecule has 6 unspecified atom stereocenters. The van der Waals surface area contributed by atoms with Crippen LogP contribution in [-0.2, 0) is 30.7 Å². The number of hydrogen-bond acceptors (Lipinski definition) is 9. The molecule has 59 heavy (non-hydrogen) atoms. The first-order chi connectivity index (χ1) is 28.3. The Morgan fingerprint density at radius 3 is 2.02 bits per heavy atom. The number of hydrogen-bond donors (Lipinski definition) is 4. The highest BCUT2D eigenvalue weighted by Gasteiger charge is 2.49. The average Bonchev–Trinajstić information content (AvgIpc) is 3.83. The maximum absolute atomic E-state index is 14.9. The molecule has 0 saturated carbocycles. The second-order valence-corrected chi connectivity index (χ2v) is 17.4. The van der Waals surface area contributed by atoms with Crippen LogP contribution in [0.1, 0.15) is 88.6 Å². The molecule has 3 saturated heterocycles. The lowest BCUT2D eigenvalue weighted by Gasteiger charge is -2.53. The van der Waals surface area contributed by atoms with Crippen LogP contribution in [0.3, 0.4) is 0 Å². The highest BCUT2D eigenvalue weighted by Crippen LogP contribution is 2.46. The number of likely N-dealkylation sites (tertiary alicyclic amines) is 2. The third-order valence-electron chi connectivity index (χ3n) is 13.4. The number of halogens is 7. The standard InChI is InChI=1S/C41H47Cl2F5N8O3/c42-34-23(3-1-5-29(34)44)22-7-13-54(14-8-22)39(57)37-28-19-55(16-11-32(28)50-52-37)33-20-59-38(33)26-18-56(15-9-24(26)25-4-2-6-30(45)35(25)43)40(58)36-27-17-53(21-41(46,47)48)12-10-31(27)49-51-36/h1-6,22,24,26,33,38-40,57-58H,7-21H2,(H,49,51)(H,50,52). The maximum Gasteiger partial charge on any atom is 0.401 e. The van der Waals surface area contributed by atoms with Gasteiger partial charge in [0.1, 0.15) is 23.0 Å². The summed E-state index contributed by atoms with van der Waals surface area (Å²) in [6.07, 6.45) is -3.80. The van der Waals surface area contributed by atoms with Gasteiger partial charge in [-0.3, -0.25) is 29.8 Å². The number of rotatable bonds is 9. The van der Waals surface area contributed by atoms with Crippen LogP contribution in [0, 0.1) is 17.6 Å². The van der Waals surface area contributed by atoms with Crippen LogP contribution in [0.2, 0.25) is 10.0 Å². The van der Waals surface area contributed by atoms with Crippen LogP contribution in [0.4, 0.5) is 22.0 Å². The van der Waals surface area contributed by atoms with Crippen molar-refractivity contribution in [3.8, 4) is 0 Å². The van der Waals surface area contributed by atoms with Gasteiger partial charge in [0.25, 0.3) is 0 Å². The smallest absolute Gasteiger partial charge is 0.374 e. The zero-order valence-corrected chi connectivity index (χ0v) is 33.8. The maximum atomic E-state index is 14.9. The van der Waals surface area contributed by atoms with E-state index in [0.717, 1.165) is 22.5 Å². The summed E-state index contributed by atoms with van der Waals surface area (Å²) in [5, 5.41) is 38.9. The van der Waals surface area contributed by atoms with Gasteiger partial charge in [0.05, 0.1) is 35.3 Å². The minimum Gasteiger partial charge on any atom is -0.374 e. The molecule has 3 fully saturated rings. The molecule has 318 valence electrons. The van der Waals surface area contributed by atoms with Crippen molar-refractivity contribution in [2.24, 2.45) is 5.92 Å². The third kappa shape index (κ3) is 8.05. The molecule has 9 rings (SSSR count). The Hall–Kier alpha value is -3.19. The van der Waals surface area contributed by atoms with Crippen LogP contribution < -0.4 is 0 Å². The van der Waals surface area contributed by atoms with Gasteiger partial charge >= 0.3 is 6.18 Å². The Morgan fingerprint density at radius 2 is 1.37 bits per heavy atom. The van der Waals surface area contributed by atoms with E-state index in [9.17, 15) is 32.2 Å². The summed E-state index contributed by atoms with van der Waals surface area (Å²) in [6, 6.07) is 9.67. The molecule has 11 nitrogen and oxygen atoms in total. The topological polar surface area (TPSA) is 120 Å². The van der Waals surface area contributed by atoms with E-state index in [1.807, 2.05) is 21.9 Å². The summed E-state index contributed by atoms with van der Waals surface area (Å²) >= 11 is 12.9. The fourth-order valence-corrected chi connectivity index (χ4v) is 10.8. The van der Waals surface area contributed by atoms with Crippen LogP contribution in [0.5, 0.6) is 0 Å². The molecule has 0 spiro atoms. The minimum absolute atomic E-state index is 0.0219. The van der Waals surface area contributed by atoms with Gasteiger partial charge in [0.15, 0.2) is 12.5 Å². The number of fused-ring (bicyclic) bond motifs is 2. The Bertz CT molecular complexity index is 2150. The molecule has 0 aliphatic carbocycles. The highest BCUT2D eigenvalue weighted by molar-refractivity contribution is 6.31. The summed E-state index contributed by atoms with van der Waals surface area (Å²) in [5.41, 5.74) is 5.58. The SMILES string of the molecule is OC(c1n[nH]c2c1CN(C1COC1C1CN(C(O)c3n[nH]c4c3CN(CC(F)(F)F)CC4)CCC1c1cccc(F)c1Cl)CC2)N1CCC(c2cccc(F)c2Cl)CC1. The van der Waals surface area contributed by atoms with Crippen molar-refractivity contribution < 1.29 is 36.9 Å². The number of nitrogens with zero attached hydrogens (tertiary/aromatic N) is 6. The lowest BCUT2D eigenvalue weighted by molar-refractivity contribution is -0.181. The van der Waals surface area contributed by atoms with Crippen LogP contribution in [-0.4, -0.2) is 121 Å². The molecule has 18 heteroatoms. The van der Waals surface area contributed by atoms with Crippen molar-refractivity contribution in [1.82, 2.24) is 40.0 Å². The molecule has 4 N–H and O–H groups in total. The molecule has 2 aromatic heterocycles. The minimum atomic E-state index is -4.35. The summed E-state index contributed by atoms with van der Waals surface area (Å²) in [7, 11) is 0. The average molecular weight is 866 g/mol. The molecule has 6 atom stereocenters. The number of aliphatic hydroxyl groups excluding tert-OH is 2. The second kappa shape index (κ2) is 16.6. The number of benzene rings is 2. The summed E-state index contributed by atoms with van der Waals surface area (Å²) in [4.78, 5) is 7.55. The highest BCUT2D eigenvalue weighted by atomic mass is 35.5. The molecule has 0 radical (unpaired) electrons. The molecule has 7 heterocycles. The molecule has 5 aliphatic rings. The monoisotopic (exact) mass is 864 g/mol. The number of aromatic amines is 2. The number of piperidine rings is 2. The summed E-state index contributed by atoms with van der Waals surface area (Å²) in [6.45, 7) is 2.84. The fourth-order valence-electron chi connectivity index (χ4n) is 10.2. The van der Waals surface area contributed by atoms with Crippen molar-refractivity contribution in [1.29, 1.82) is 0 Å². The Kier molecular flexibility index (Phi) is 11.6. The van der Waals surface area contributed by atoms with Gasteiger partial charge in [-0.25, -0.2) is 8.78 Å². The van der Waals surface area contributed by atoms with E-state index in [1.165, 1.54) is 17.0 Å². The summed E-state index contributed by atoms with van der Waals surface area (Å²) in [5.74, 6) is -1.31. The van der Waals surface area contributed by atoms with Crippen molar-refractivity contribution in [2.75, 3.05) is 52.4 Å². The number of aromatic nitrogens is 4. The number of nitrogens with one attached hydrogen (secondary N) is 2. The lowest BCUT2D eigenvalue weighted by Crippen LogP contribution is -2.63. The van der Waals surface area contributed by atoms with Gasteiger partial charge in [0.2, 0.25) is 0 Å². The van der Waals surface area contributed by atoms with Crippen molar-refractivity contribution in [2.45, 2.75) is 87.8 Å². The van der Waals surface area contributed by atoms with Gasteiger partial charge in [-0.05, 0) is 54.4 Å². The van der Waals surface area contributed by atoms with E-state index in [2.05, 4.69) is 25.3 Å². The van der Waals surface area contributed by atoms with Gasteiger partial charge in [0, 0.05) is 93.6 Å². The van der Waals surface area contributed by atoms with E-state index in [-0.39, 0.29) is 53.0 Å². The Morgan fingerprint density at radius 1 is 0.780 bits per heavy atom. The van der Waals surface area contributed by atoms with Gasteiger partial charge in [-0.15, -0.1) is 0 Å². The van der Waals surface area contributed by atoms with E-state index >= 15 is 0 Å². The zero-order valence-electron chi connectivity index (χ0n) is 32.2. The predicted molar refractivity (Wildman–Crippen MR) is 209 cm³/mol. The largest absolute Gasteiger partial charge is 0.401 e. The van der Waals surface area contributed by atoms with Crippen molar-refractivity contribution in [3.63, 3.8) is 0 Å². The molecule has 5 aliphatic heterocycles. The lowest BCUT2D eigenvalue weighted by atomic mass is 9.73. The van der Waals surface area contributed by atoms with Gasteiger partial charge in [-0.1, -0.05) is 47.5 Å². The van der Waals surface area contributed by atoms with Gasteiger partial charge in [-0.2, -0.15) is 23.4 Å². The molecule has 4 aromatic rings. The van der Waals surface area contributed by atoms with E-state index in [1.54, 1.807) is 12.1 Å². The van der Waals surface area contributed by atoms with Crippen molar-refractivity contribution >= 4 is 23.2 Å². The number of ether oxygens (including phenoxy) is 1. The number of aliphatic hydroxyl groups is 2. The summed E-state index contributed by atoms with van der Waals surface area (Å²) < 4.78 is 75.5. The molecular formula is C41H47Cl2F5N8O3. The van der Waals surface area contributed by atoms with Crippen LogP contribution >= 0.6 is 23.2 Å². The van der Waals surface area contributed by atoms with Crippen molar-refractivity contribution in [3.05, 3.63) is 103 Å². The van der Waals surface area contributed by atoms with Crippen LogP contribution in [0.15, 0.2) is 36.4 Å². The predicted octanol–water partition coefficient (Wildman–Crippen LogP) is 6.43. The molecular weight excluding hydrogens is 818 g/mol. The Balaban J connectivity index is 0.918. The van der Waals surface area contributed by atoms with E-state index < -0.39 is 36.8 Å². The quantitative estimate of drug-likeness (QED) is 0.141. The first-order valence-electron chi connectivity index (χ1n) is 20.3. The first kappa shape index (κ1) is 41.2.